The Morgan fingerprint density at radius 2 is 1.87 bits per heavy atom. The van der Waals surface area contributed by atoms with Gasteiger partial charge >= 0.3 is 0 Å². The Kier molecular flexibility index (Phi) is 4.53. The molecule has 3 nitrogen and oxygen atoms in total. The van der Waals surface area contributed by atoms with E-state index in [4.69, 9.17) is 4.74 Å². The molecule has 1 aliphatic rings. The number of benzene rings is 2. The van der Waals surface area contributed by atoms with Crippen molar-refractivity contribution < 1.29 is 14.3 Å². The molecule has 0 bridgehead atoms. The monoisotopic (exact) mass is 420 g/mol. The lowest BCUT2D eigenvalue weighted by molar-refractivity contribution is 0.0673. The zero-order valence-corrected chi connectivity index (χ0v) is 15.0. The number of hydrogen-bond donors (Lipinski definition) is 0. The first kappa shape index (κ1) is 16.2. The molecule has 1 aliphatic carbocycles. The van der Waals surface area contributed by atoms with Gasteiger partial charge in [-0.3, -0.25) is 9.59 Å². The number of ether oxygens (including phenoxy) is 1. The minimum atomic E-state index is -0.955. The zero-order valence-electron chi connectivity index (χ0n) is 12.8. The van der Waals surface area contributed by atoms with Gasteiger partial charge in [-0.25, -0.2) is 0 Å². The maximum atomic E-state index is 13.1. The molecule has 1 atom stereocenters. The van der Waals surface area contributed by atoms with Crippen LogP contribution in [0.4, 0.5) is 0 Å². The Bertz CT molecular complexity index is 751. The van der Waals surface area contributed by atoms with E-state index in [2.05, 4.69) is 22.6 Å². The van der Waals surface area contributed by atoms with Gasteiger partial charge < -0.3 is 4.74 Å². The molecule has 0 spiro atoms. The van der Waals surface area contributed by atoms with Gasteiger partial charge in [0.15, 0.2) is 11.6 Å². The molecule has 4 heteroatoms. The Balaban J connectivity index is 2.01. The number of aryl methyl sites for hydroxylation is 1. The minimum Gasteiger partial charge on any atom is -0.497 e. The van der Waals surface area contributed by atoms with E-state index in [1.54, 1.807) is 31.4 Å². The number of alkyl halides is 1. The third-order valence-corrected chi connectivity index (χ3v) is 5.83. The lowest BCUT2D eigenvalue weighted by Gasteiger charge is -2.34. The normalized spacial score (nSPS) is 20.0. The zero-order chi connectivity index (χ0) is 16.4. The first-order valence-corrected chi connectivity index (χ1v) is 9.02. The molecule has 1 unspecified atom stereocenters. The minimum absolute atomic E-state index is 0.0467. The van der Waals surface area contributed by atoms with E-state index < -0.39 is 5.41 Å². The second-order valence-corrected chi connectivity index (χ2v) is 6.52. The van der Waals surface area contributed by atoms with Crippen LogP contribution in [-0.4, -0.2) is 23.1 Å². The molecule has 0 amide bonds. The second-order valence-electron chi connectivity index (χ2n) is 5.76. The lowest BCUT2D eigenvalue weighted by Crippen LogP contribution is -2.44. The van der Waals surface area contributed by atoms with Crippen molar-refractivity contribution >= 4 is 34.2 Å². The fourth-order valence-corrected chi connectivity index (χ4v) is 4.18. The van der Waals surface area contributed by atoms with Crippen LogP contribution < -0.4 is 4.74 Å². The first-order chi connectivity index (χ1) is 11.1. The van der Waals surface area contributed by atoms with Crippen molar-refractivity contribution in [1.82, 2.24) is 0 Å². The van der Waals surface area contributed by atoms with Crippen LogP contribution in [0.1, 0.15) is 32.7 Å². The largest absolute Gasteiger partial charge is 0.497 e. The maximum Gasteiger partial charge on any atom is 0.177 e. The van der Waals surface area contributed by atoms with Crippen molar-refractivity contribution in [2.24, 2.45) is 5.41 Å². The third-order valence-electron chi connectivity index (χ3n) is 4.53. The molecule has 2 aromatic carbocycles. The molecule has 0 fully saturated rings. The van der Waals surface area contributed by atoms with Crippen LogP contribution >= 0.6 is 22.6 Å². The summed E-state index contributed by atoms with van der Waals surface area (Å²) < 4.78 is 5.62. The van der Waals surface area contributed by atoms with Crippen LogP contribution in [0.15, 0.2) is 48.5 Å². The van der Waals surface area contributed by atoms with Gasteiger partial charge in [-0.05, 0) is 42.7 Å². The number of carbonyl (C=O) groups is 2. The third kappa shape index (κ3) is 2.69. The molecule has 0 heterocycles. The van der Waals surface area contributed by atoms with Gasteiger partial charge in [0.2, 0.25) is 0 Å². The van der Waals surface area contributed by atoms with Gasteiger partial charge in [-0.15, -0.1) is 0 Å². The summed E-state index contributed by atoms with van der Waals surface area (Å²) in [5.74, 6) is 0.564. The molecule has 2 aromatic rings. The number of fused-ring (bicyclic) bond motifs is 1. The highest BCUT2D eigenvalue weighted by Gasteiger charge is 2.47. The summed E-state index contributed by atoms with van der Waals surface area (Å²) in [7, 11) is 1.59. The average molecular weight is 420 g/mol. The van der Waals surface area contributed by atoms with E-state index in [0.29, 0.717) is 27.7 Å². The van der Waals surface area contributed by atoms with E-state index in [-0.39, 0.29) is 11.6 Å². The lowest BCUT2D eigenvalue weighted by atomic mass is 9.68. The van der Waals surface area contributed by atoms with Crippen molar-refractivity contribution in [2.75, 3.05) is 11.5 Å². The quantitative estimate of drug-likeness (QED) is 0.324. The van der Waals surface area contributed by atoms with Gasteiger partial charge in [-0.2, -0.15) is 0 Å². The molecule has 118 valence electrons. The SMILES string of the molecule is COc1ccc(C(=O)C2(CI)CCc3ccccc3C2=O)cc1. The molecule has 0 saturated heterocycles. The fourth-order valence-electron chi connectivity index (χ4n) is 3.10. The molecule has 23 heavy (non-hydrogen) atoms. The van der Waals surface area contributed by atoms with Crippen molar-refractivity contribution in [2.45, 2.75) is 12.8 Å². The second kappa shape index (κ2) is 6.43. The highest BCUT2D eigenvalue weighted by atomic mass is 127. The highest BCUT2D eigenvalue weighted by molar-refractivity contribution is 14.1. The van der Waals surface area contributed by atoms with Crippen molar-refractivity contribution in [1.29, 1.82) is 0 Å². The molecular formula is C19H17IO3. The highest BCUT2D eigenvalue weighted by Crippen LogP contribution is 2.40. The van der Waals surface area contributed by atoms with Crippen LogP contribution in [-0.2, 0) is 6.42 Å². The molecular weight excluding hydrogens is 403 g/mol. The number of Topliss-reactive ketones (excluding diaryl/α,β-unsaturated/α-hetero) is 2. The van der Waals surface area contributed by atoms with Crippen molar-refractivity contribution in [3.05, 3.63) is 65.2 Å². The molecule has 0 N–H and O–H groups in total. The van der Waals surface area contributed by atoms with Crippen LogP contribution in [0.25, 0.3) is 0 Å². The summed E-state index contributed by atoms with van der Waals surface area (Å²) in [6, 6.07) is 14.6. The van der Waals surface area contributed by atoms with Gasteiger partial charge in [0.1, 0.15) is 11.2 Å². The smallest absolute Gasteiger partial charge is 0.177 e. The fraction of sp³-hybridized carbons (Fsp3) is 0.263. The summed E-state index contributed by atoms with van der Waals surface area (Å²) in [4.78, 5) is 26.2. The average Bonchev–Trinajstić information content (AvgIpc) is 2.62. The van der Waals surface area contributed by atoms with Crippen molar-refractivity contribution in [3.63, 3.8) is 0 Å². The van der Waals surface area contributed by atoms with Crippen molar-refractivity contribution in [3.8, 4) is 5.75 Å². The summed E-state index contributed by atoms with van der Waals surface area (Å²) in [6.07, 6.45) is 1.32. The van der Waals surface area contributed by atoms with E-state index in [9.17, 15) is 9.59 Å². The van der Waals surface area contributed by atoms with E-state index in [1.165, 1.54) is 0 Å². The molecule has 0 aromatic heterocycles. The van der Waals surface area contributed by atoms with Gasteiger partial charge in [0.25, 0.3) is 0 Å². The number of hydrogen-bond acceptors (Lipinski definition) is 3. The molecule has 0 saturated carbocycles. The summed E-state index contributed by atoms with van der Waals surface area (Å²) in [5, 5.41) is 0. The van der Waals surface area contributed by atoms with E-state index in [1.807, 2.05) is 24.3 Å². The molecule has 3 rings (SSSR count). The Labute approximate surface area is 149 Å². The first-order valence-electron chi connectivity index (χ1n) is 7.50. The Morgan fingerprint density at radius 3 is 2.52 bits per heavy atom. The van der Waals surface area contributed by atoms with E-state index >= 15 is 0 Å². The predicted octanol–water partition coefficient (Wildman–Crippen LogP) is 4.13. The van der Waals surface area contributed by atoms with E-state index in [0.717, 1.165) is 12.0 Å². The van der Waals surface area contributed by atoms with Gasteiger partial charge in [0, 0.05) is 15.6 Å². The Morgan fingerprint density at radius 1 is 1.17 bits per heavy atom. The summed E-state index contributed by atoms with van der Waals surface area (Å²) in [6.45, 7) is 0. The van der Waals surface area contributed by atoms with Crippen LogP contribution in [0.5, 0.6) is 5.75 Å². The number of methoxy groups -OCH3 is 1. The van der Waals surface area contributed by atoms with Gasteiger partial charge in [-0.1, -0.05) is 46.9 Å². The number of rotatable bonds is 4. The van der Waals surface area contributed by atoms with Gasteiger partial charge in [0.05, 0.1) is 7.11 Å². The van der Waals surface area contributed by atoms with Crippen LogP contribution in [0, 0.1) is 5.41 Å². The molecule has 0 radical (unpaired) electrons. The number of carbonyl (C=O) groups excluding carboxylic acids is 2. The van der Waals surface area contributed by atoms with Crippen LogP contribution in [0.3, 0.4) is 0 Å². The van der Waals surface area contributed by atoms with Crippen LogP contribution in [0.2, 0.25) is 0 Å². The summed E-state index contributed by atoms with van der Waals surface area (Å²) >= 11 is 2.16. The molecule has 0 aliphatic heterocycles. The maximum absolute atomic E-state index is 13.1. The summed E-state index contributed by atoms with van der Waals surface area (Å²) in [5.41, 5.74) is 1.34. The Hall–Kier alpha value is -1.69. The standard InChI is InChI=1S/C19H17IO3/c1-23-15-8-6-14(7-9-15)17(21)19(12-20)11-10-13-4-2-3-5-16(13)18(19)22/h2-9H,10-12H2,1H3. The predicted molar refractivity (Wildman–Crippen MR) is 97.7 cm³/mol. The number of ketones is 2. The number of halogens is 1. The topological polar surface area (TPSA) is 43.4 Å².